The zero-order valence-electron chi connectivity index (χ0n) is 12.1. The molecule has 4 nitrogen and oxygen atoms in total. The van der Waals surface area contributed by atoms with Crippen molar-refractivity contribution in [3.05, 3.63) is 30.3 Å². The highest BCUT2D eigenvalue weighted by atomic mass is 16.5. The molecule has 0 aliphatic carbocycles. The van der Waals surface area contributed by atoms with Crippen molar-refractivity contribution in [2.24, 2.45) is 0 Å². The standard InChI is InChI=1S/C15H24N2O2/c1-13(2)16-10-9-15(18)17(3)11-12-19-14-7-5-4-6-8-14/h4-8,13,16H,9-12H2,1-3H3. The summed E-state index contributed by atoms with van der Waals surface area (Å²) in [4.78, 5) is 13.5. The summed E-state index contributed by atoms with van der Waals surface area (Å²) in [5, 5.41) is 3.23. The highest BCUT2D eigenvalue weighted by Gasteiger charge is 2.08. The molecule has 1 N–H and O–H groups in total. The van der Waals surface area contributed by atoms with Crippen LogP contribution in [0.1, 0.15) is 20.3 Å². The van der Waals surface area contributed by atoms with Gasteiger partial charge in [-0.2, -0.15) is 0 Å². The first-order valence-electron chi connectivity index (χ1n) is 6.75. The molecule has 0 atom stereocenters. The van der Waals surface area contributed by atoms with Gasteiger partial charge in [0.2, 0.25) is 5.91 Å². The lowest BCUT2D eigenvalue weighted by Gasteiger charge is -2.18. The summed E-state index contributed by atoms with van der Waals surface area (Å²) in [5.41, 5.74) is 0. The van der Waals surface area contributed by atoms with E-state index in [1.165, 1.54) is 0 Å². The number of benzene rings is 1. The summed E-state index contributed by atoms with van der Waals surface area (Å²) in [6.45, 7) is 5.99. The van der Waals surface area contributed by atoms with Gasteiger partial charge in [0.15, 0.2) is 0 Å². The highest BCUT2D eigenvalue weighted by molar-refractivity contribution is 5.76. The summed E-state index contributed by atoms with van der Waals surface area (Å²) in [6.07, 6.45) is 0.528. The van der Waals surface area contributed by atoms with Gasteiger partial charge in [-0.1, -0.05) is 32.0 Å². The SMILES string of the molecule is CC(C)NCCC(=O)N(C)CCOc1ccccc1. The third-order valence-electron chi connectivity index (χ3n) is 2.76. The first-order chi connectivity index (χ1) is 9.09. The van der Waals surface area contributed by atoms with Crippen molar-refractivity contribution in [1.29, 1.82) is 0 Å². The predicted octanol–water partition coefficient (Wildman–Crippen LogP) is 1.91. The van der Waals surface area contributed by atoms with Crippen molar-refractivity contribution in [3.8, 4) is 5.75 Å². The number of nitrogens with zero attached hydrogens (tertiary/aromatic N) is 1. The van der Waals surface area contributed by atoms with Gasteiger partial charge in [0.1, 0.15) is 12.4 Å². The van der Waals surface area contributed by atoms with Gasteiger partial charge in [0, 0.05) is 26.1 Å². The fourth-order valence-corrected chi connectivity index (χ4v) is 1.60. The molecule has 1 aromatic carbocycles. The first kappa shape index (κ1) is 15.5. The predicted molar refractivity (Wildman–Crippen MR) is 77.3 cm³/mol. The van der Waals surface area contributed by atoms with Gasteiger partial charge in [-0.05, 0) is 12.1 Å². The van der Waals surface area contributed by atoms with Gasteiger partial charge in [0.25, 0.3) is 0 Å². The summed E-state index contributed by atoms with van der Waals surface area (Å²) in [6, 6.07) is 10.1. The van der Waals surface area contributed by atoms with E-state index in [9.17, 15) is 4.79 Å². The number of ether oxygens (including phenoxy) is 1. The van der Waals surface area contributed by atoms with Crippen LogP contribution in [-0.4, -0.2) is 43.6 Å². The molecule has 0 aliphatic heterocycles. The fourth-order valence-electron chi connectivity index (χ4n) is 1.60. The minimum absolute atomic E-state index is 0.143. The summed E-state index contributed by atoms with van der Waals surface area (Å²) in [7, 11) is 1.81. The molecule has 0 spiro atoms. The van der Waals surface area contributed by atoms with Crippen LogP contribution in [0.4, 0.5) is 0 Å². The molecule has 0 heterocycles. The molecule has 0 fully saturated rings. The zero-order valence-corrected chi connectivity index (χ0v) is 12.1. The fraction of sp³-hybridized carbons (Fsp3) is 0.533. The summed E-state index contributed by atoms with van der Waals surface area (Å²) < 4.78 is 5.56. The molecule has 1 amide bonds. The Labute approximate surface area is 115 Å². The number of rotatable bonds is 8. The van der Waals surface area contributed by atoms with Crippen molar-refractivity contribution in [3.63, 3.8) is 0 Å². The molecule has 1 aromatic rings. The lowest BCUT2D eigenvalue weighted by Crippen LogP contribution is -2.34. The van der Waals surface area contributed by atoms with E-state index >= 15 is 0 Å². The van der Waals surface area contributed by atoms with Crippen LogP contribution in [0.2, 0.25) is 0 Å². The number of nitrogens with one attached hydrogen (secondary N) is 1. The Morgan fingerprint density at radius 1 is 1.32 bits per heavy atom. The van der Waals surface area contributed by atoms with Gasteiger partial charge in [-0.25, -0.2) is 0 Å². The number of amides is 1. The minimum atomic E-state index is 0.143. The molecule has 0 aliphatic rings. The van der Waals surface area contributed by atoms with Crippen LogP contribution in [0.25, 0.3) is 0 Å². The van der Waals surface area contributed by atoms with E-state index < -0.39 is 0 Å². The zero-order chi connectivity index (χ0) is 14.1. The molecular weight excluding hydrogens is 240 g/mol. The van der Waals surface area contributed by atoms with Gasteiger partial charge < -0.3 is 15.0 Å². The van der Waals surface area contributed by atoms with Gasteiger partial charge in [-0.3, -0.25) is 4.79 Å². The lowest BCUT2D eigenvalue weighted by atomic mass is 10.3. The van der Waals surface area contributed by atoms with Crippen molar-refractivity contribution < 1.29 is 9.53 Å². The van der Waals surface area contributed by atoms with E-state index in [0.717, 1.165) is 12.3 Å². The molecular formula is C15H24N2O2. The molecule has 0 unspecified atom stereocenters. The number of likely N-dealkylation sites (N-methyl/N-ethyl adjacent to an activating group) is 1. The third-order valence-corrected chi connectivity index (χ3v) is 2.76. The maximum Gasteiger partial charge on any atom is 0.223 e. The number of carbonyl (C=O) groups excluding carboxylic acids is 1. The maximum absolute atomic E-state index is 11.8. The Morgan fingerprint density at radius 2 is 2.00 bits per heavy atom. The van der Waals surface area contributed by atoms with Crippen LogP contribution in [0.3, 0.4) is 0 Å². The second-order valence-corrected chi connectivity index (χ2v) is 4.84. The van der Waals surface area contributed by atoms with E-state index in [2.05, 4.69) is 19.2 Å². The highest BCUT2D eigenvalue weighted by Crippen LogP contribution is 2.07. The molecule has 19 heavy (non-hydrogen) atoms. The van der Waals surface area contributed by atoms with E-state index in [0.29, 0.717) is 25.6 Å². The molecule has 4 heteroatoms. The van der Waals surface area contributed by atoms with Gasteiger partial charge >= 0.3 is 0 Å². The second-order valence-electron chi connectivity index (χ2n) is 4.84. The Bertz CT molecular complexity index is 366. The third kappa shape index (κ3) is 6.82. The Kier molecular flexibility index (Phi) is 6.97. The molecule has 0 aromatic heterocycles. The van der Waals surface area contributed by atoms with Crippen LogP contribution < -0.4 is 10.1 Å². The number of hydrogen-bond donors (Lipinski definition) is 1. The number of carbonyl (C=O) groups is 1. The van der Waals surface area contributed by atoms with Gasteiger partial charge in [0.05, 0.1) is 6.54 Å². The molecule has 106 valence electrons. The lowest BCUT2D eigenvalue weighted by molar-refractivity contribution is -0.130. The van der Waals surface area contributed by atoms with Crippen molar-refractivity contribution in [2.45, 2.75) is 26.3 Å². The van der Waals surface area contributed by atoms with Crippen LogP contribution in [0, 0.1) is 0 Å². The number of para-hydroxylation sites is 1. The summed E-state index contributed by atoms with van der Waals surface area (Å²) >= 11 is 0. The first-order valence-corrected chi connectivity index (χ1v) is 6.75. The average molecular weight is 264 g/mol. The topological polar surface area (TPSA) is 41.6 Å². The van der Waals surface area contributed by atoms with Crippen molar-refractivity contribution in [2.75, 3.05) is 26.7 Å². The molecule has 0 radical (unpaired) electrons. The largest absolute Gasteiger partial charge is 0.492 e. The van der Waals surface area contributed by atoms with Crippen LogP contribution >= 0.6 is 0 Å². The average Bonchev–Trinajstić information content (AvgIpc) is 2.39. The van der Waals surface area contributed by atoms with Gasteiger partial charge in [-0.15, -0.1) is 0 Å². The van der Waals surface area contributed by atoms with Crippen LogP contribution in [0.15, 0.2) is 30.3 Å². The van der Waals surface area contributed by atoms with E-state index in [4.69, 9.17) is 4.74 Å². The molecule has 1 rings (SSSR count). The van der Waals surface area contributed by atoms with E-state index in [1.54, 1.807) is 4.90 Å². The van der Waals surface area contributed by atoms with Crippen molar-refractivity contribution in [1.82, 2.24) is 10.2 Å². The van der Waals surface area contributed by atoms with Crippen LogP contribution in [-0.2, 0) is 4.79 Å². The minimum Gasteiger partial charge on any atom is -0.492 e. The Balaban J connectivity index is 2.16. The van der Waals surface area contributed by atoms with Crippen LogP contribution in [0.5, 0.6) is 5.75 Å². The normalized spacial score (nSPS) is 10.5. The number of hydrogen-bond acceptors (Lipinski definition) is 3. The molecule has 0 saturated carbocycles. The maximum atomic E-state index is 11.8. The second kappa shape index (κ2) is 8.53. The summed E-state index contributed by atoms with van der Waals surface area (Å²) in [5.74, 6) is 0.981. The Hall–Kier alpha value is -1.55. The molecule has 0 bridgehead atoms. The van der Waals surface area contributed by atoms with E-state index in [1.807, 2.05) is 37.4 Å². The van der Waals surface area contributed by atoms with Crippen molar-refractivity contribution >= 4 is 5.91 Å². The quantitative estimate of drug-likeness (QED) is 0.780. The monoisotopic (exact) mass is 264 g/mol. The molecule has 0 saturated heterocycles. The smallest absolute Gasteiger partial charge is 0.223 e. The Morgan fingerprint density at radius 3 is 2.63 bits per heavy atom. The van der Waals surface area contributed by atoms with E-state index in [-0.39, 0.29) is 5.91 Å².